The summed E-state index contributed by atoms with van der Waals surface area (Å²) in [6.07, 6.45) is 4.17. The van der Waals surface area contributed by atoms with E-state index in [-0.39, 0.29) is 24.5 Å². The van der Waals surface area contributed by atoms with E-state index in [1.54, 1.807) is 4.90 Å². The minimum atomic E-state index is -0.834. The van der Waals surface area contributed by atoms with Gasteiger partial charge in [0.1, 0.15) is 0 Å². The lowest BCUT2D eigenvalue weighted by molar-refractivity contribution is -0.137. The first-order chi connectivity index (χ1) is 8.99. The van der Waals surface area contributed by atoms with E-state index >= 15 is 0 Å². The Hall–Kier alpha value is -1.26. The van der Waals surface area contributed by atoms with Gasteiger partial charge in [0.05, 0.1) is 6.42 Å². The standard InChI is InChI=1S/C14H24N2O3/c1-10-5-7-15(11(2)9-10)14(19)16(12-3-4-12)8-6-13(17)18/h10-12H,3-9H2,1-2H3,(H,17,18). The maximum atomic E-state index is 12.6. The van der Waals surface area contributed by atoms with Crippen LogP contribution >= 0.6 is 0 Å². The van der Waals surface area contributed by atoms with Crippen LogP contribution in [-0.4, -0.2) is 52.1 Å². The van der Waals surface area contributed by atoms with Crippen molar-refractivity contribution in [2.24, 2.45) is 5.92 Å². The molecule has 1 heterocycles. The van der Waals surface area contributed by atoms with Crippen LogP contribution in [0.2, 0.25) is 0 Å². The van der Waals surface area contributed by atoms with Crippen LogP contribution in [0.1, 0.15) is 46.0 Å². The van der Waals surface area contributed by atoms with Crippen LogP contribution in [0.15, 0.2) is 0 Å². The summed E-state index contributed by atoms with van der Waals surface area (Å²) < 4.78 is 0. The minimum absolute atomic E-state index is 0.0425. The van der Waals surface area contributed by atoms with Crippen molar-refractivity contribution >= 4 is 12.0 Å². The van der Waals surface area contributed by atoms with Crippen LogP contribution < -0.4 is 0 Å². The lowest BCUT2D eigenvalue weighted by Crippen LogP contribution is -2.51. The van der Waals surface area contributed by atoms with E-state index in [1.165, 1.54) is 0 Å². The predicted molar refractivity (Wildman–Crippen MR) is 71.9 cm³/mol. The molecule has 1 aliphatic heterocycles. The third kappa shape index (κ3) is 3.61. The molecule has 2 amide bonds. The molecule has 0 bridgehead atoms. The van der Waals surface area contributed by atoms with E-state index in [9.17, 15) is 9.59 Å². The fourth-order valence-corrected chi connectivity index (χ4v) is 2.89. The summed E-state index contributed by atoms with van der Waals surface area (Å²) in [5.41, 5.74) is 0. The quantitative estimate of drug-likeness (QED) is 0.850. The van der Waals surface area contributed by atoms with Crippen LogP contribution in [0.3, 0.4) is 0 Å². The van der Waals surface area contributed by atoms with Gasteiger partial charge >= 0.3 is 12.0 Å². The maximum Gasteiger partial charge on any atom is 0.320 e. The van der Waals surface area contributed by atoms with Crippen LogP contribution in [-0.2, 0) is 4.79 Å². The van der Waals surface area contributed by atoms with Gasteiger partial charge in [-0.25, -0.2) is 4.79 Å². The zero-order valence-electron chi connectivity index (χ0n) is 11.8. The lowest BCUT2D eigenvalue weighted by Gasteiger charge is -2.39. The van der Waals surface area contributed by atoms with Gasteiger partial charge in [-0.3, -0.25) is 4.79 Å². The molecule has 0 spiro atoms. The average Bonchev–Trinajstić information content (AvgIpc) is 3.13. The number of carbonyl (C=O) groups excluding carboxylic acids is 1. The van der Waals surface area contributed by atoms with E-state index in [4.69, 9.17) is 5.11 Å². The molecule has 1 saturated carbocycles. The Balaban J connectivity index is 1.96. The average molecular weight is 268 g/mol. The van der Waals surface area contributed by atoms with Gasteiger partial charge in [0.15, 0.2) is 0 Å². The fraction of sp³-hybridized carbons (Fsp3) is 0.857. The summed E-state index contributed by atoms with van der Waals surface area (Å²) in [7, 11) is 0. The van der Waals surface area contributed by atoms with Gasteiger partial charge in [-0.05, 0) is 38.5 Å². The highest BCUT2D eigenvalue weighted by Gasteiger charge is 2.37. The molecule has 2 aliphatic rings. The van der Waals surface area contributed by atoms with Crippen molar-refractivity contribution in [1.29, 1.82) is 0 Å². The zero-order valence-corrected chi connectivity index (χ0v) is 11.8. The Labute approximate surface area is 114 Å². The highest BCUT2D eigenvalue weighted by atomic mass is 16.4. The van der Waals surface area contributed by atoms with Crippen molar-refractivity contribution in [1.82, 2.24) is 9.80 Å². The maximum absolute atomic E-state index is 12.6. The number of carboxylic acids is 1. The molecule has 1 N–H and O–H groups in total. The van der Waals surface area contributed by atoms with Crippen molar-refractivity contribution in [3.05, 3.63) is 0 Å². The van der Waals surface area contributed by atoms with Gasteiger partial charge in [-0.15, -0.1) is 0 Å². The second kappa shape index (κ2) is 5.80. The van der Waals surface area contributed by atoms with Crippen molar-refractivity contribution in [2.75, 3.05) is 13.1 Å². The van der Waals surface area contributed by atoms with Crippen molar-refractivity contribution in [3.8, 4) is 0 Å². The molecule has 1 aliphatic carbocycles. The monoisotopic (exact) mass is 268 g/mol. The first kappa shape index (κ1) is 14.2. The minimum Gasteiger partial charge on any atom is -0.481 e. The lowest BCUT2D eigenvalue weighted by atomic mass is 9.94. The largest absolute Gasteiger partial charge is 0.481 e. The van der Waals surface area contributed by atoms with E-state index in [0.717, 1.165) is 32.2 Å². The van der Waals surface area contributed by atoms with Gasteiger partial charge in [0.2, 0.25) is 0 Å². The Bertz CT molecular complexity index is 355. The van der Waals surface area contributed by atoms with Crippen molar-refractivity contribution in [2.45, 2.75) is 58.0 Å². The molecular weight excluding hydrogens is 244 g/mol. The van der Waals surface area contributed by atoms with Gasteiger partial charge in [0, 0.05) is 25.2 Å². The van der Waals surface area contributed by atoms with E-state index < -0.39 is 5.97 Å². The molecule has 0 aromatic carbocycles. The smallest absolute Gasteiger partial charge is 0.320 e. The summed E-state index contributed by atoms with van der Waals surface area (Å²) >= 11 is 0. The molecule has 2 rings (SSSR count). The summed E-state index contributed by atoms with van der Waals surface area (Å²) in [5, 5.41) is 8.79. The van der Waals surface area contributed by atoms with E-state index in [1.807, 2.05) is 4.90 Å². The van der Waals surface area contributed by atoms with Crippen LogP contribution in [0.4, 0.5) is 4.79 Å². The van der Waals surface area contributed by atoms with Crippen LogP contribution in [0.25, 0.3) is 0 Å². The number of aliphatic carboxylic acids is 1. The molecule has 0 aromatic rings. The van der Waals surface area contributed by atoms with Gasteiger partial charge < -0.3 is 14.9 Å². The summed E-state index contributed by atoms with van der Waals surface area (Å²) in [4.78, 5) is 27.0. The van der Waals surface area contributed by atoms with Gasteiger partial charge in [-0.1, -0.05) is 6.92 Å². The Morgan fingerprint density at radius 2 is 1.95 bits per heavy atom. The highest BCUT2D eigenvalue weighted by molar-refractivity contribution is 5.76. The first-order valence-corrected chi connectivity index (χ1v) is 7.28. The number of hydrogen-bond acceptors (Lipinski definition) is 2. The third-order valence-corrected chi connectivity index (χ3v) is 4.18. The molecular formula is C14H24N2O3. The third-order valence-electron chi connectivity index (χ3n) is 4.18. The van der Waals surface area contributed by atoms with Gasteiger partial charge in [-0.2, -0.15) is 0 Å². The zero-order chi connectivity index (χ0) is 14.0. The number of amides is 2. The number of carboxylic acid groups (broad SMARTS) is 1. The highest BCUT2D eigenvalue weighted by Crippen LogP contribution is 2.30. The number of piperidine rings is 1. The molecule has 5 nitrogen and oxygen atoms in total. The van der Waals surface area contributed by atoms with E-state index in [2.05, 4.69) is 13.8 Å². The molecule has 2 unspecified atom stereocenters. The number of nitrogens with zero attached hydrogens (tertiary/aromatic N) is 2. The number of urea groups is 1. The Kier molecular flexibility index (Phi) is 4.32. The number of hydrogen-bond donors (Lipinski definition) is 1. The van der Waals surface area contributed by atoms with Crippen molar-refractivity contribution in [3.63, 3.8) is 0 Å². The molecule has 0 aromatic heterocycles. The second-order valence-electron chi connectivity index (χ2n) is 6.02. The number of likely N-dealkylation sites (tertiary alicyclic amines) is 1. The Morgan fingerprint density at radius 3 is 2.47 bits per heavy atom. The SMILES string of the molecule is CC1CCN(C(=O)N(CCC(=O)O)C2CC2)C(C)C1. The summed E-state index contributed by atoms with van der Waals surface area (Å²) in [6, 6.07) is 0.587. The summed E-state index contributed by atoms with van der Waals surface area (Å²) in [5.74, 6) is -0.161. The molecule has 19 heavy (non-hydrogen) atoms. The van der Waals surface area contributed by atoms with Crippen LogP contribution in [0, 0.1) is 5.92 Å². The van der Waals surface area contributed by atoms with Crippen LogP contribution in [0.5, 0.6) is 0 Å². The first-order valence-electron chi connectivity index (χ1n) is 7.28. The molecule has 1 saturated heterocycles. The number of rotatable bonds is 4. The van der Waals surface area contributed by atoms with Gasteiger partial charge in [0.25, 0.3) is 0 Å². The number of carbonyl (C=O) groups is 2. The Morgan fingerprint density at radius 1 is 1.26 bits per heavy atom. The fourth-order valence-electron chi connectivity index (χ4n) is 2.89. The van der Waals surface area contributed by atoms with E-state index in [0.29, 0.717) is 12.5 Å². The molecule has 5 heteroatoms. The predicted octanol–water partition coefficient (Wildman–Crippen LogP) is 2.17. The normalized spacial score (nSPS) is 27.2. The molecule has 108 valence electrons. The molecule has 2 atom stereocenters. The molecule has 0 radical (unpaired) electrons. The second-order valence-corrected chi connectivity index (χ2v) is 6.02. The van der Waals surface area contributed by atoms with Crippen molar-refractivity contribution < 1.29 is 14.7 Å². The topological polar surface area (TPSA) is 60.9 Å². The molecule has 2 fully saturated rings. The summed E-state index contributed by atoms with van der Waals surface area (Å²) in [6.45, 7) is 5.46.